The first-order valence-corrected chi connectivity index (χ1v) is 12.2. The van der Waals surface area contributed by atoms with Crippen molar-refractivity contribution in [3.05, 3.63) is 83.8 Å². The Morgan fingerprint density at radius 3 is 2.67 bits per heavy atom. The second kappa shape index (κ2) is 10.6. The second-order valence-corrected chi connectivity index (χ2v) is 9.18. The summed E-state index contributed by atoms with van der Waals surface area (Å²) in [7, 11) is 1.67. The van der Waals surface area contributed by atoms with Gasteiger partial charge in [-0.25, -0.2) is 14.4 Å². The van der Waals surface area contributed by atoms with Crippen molar-refractivity contribution in [1.29, 1.82) is 0 Å². The molecule has 1 saturated heterocycles. The zero-order chi connectivity index (χ0) is 25.1. The van der Waals surface area contributed by atoms with E-state index in [1.165, 1.54) is 12.4 Å². The average Bonchev–Trinajstić information content (AvgIpc) is 3.31. The van der Waals surface area contributed by atoms with Gasteiger partial charge in [0.05, 0.1) is 12.2 Å². The second-order valence-electron chi connectivity index (χ2n) is 9.18. The summed E-state index contributed by atoms with van der Waals surface area (Å²) in [6.45, 7) is 2.68. The van der Waals surface area contributed by atoms with E-state index in [1.807, 2.05) is 35.4 Å². The molecule has 0 spiro atoms. The fourth-order valence-corrected chi connectivity index (χ4v) is 5.16. The van der Waals surface area contributed by atoms with Crippen LogP contribution >= 0.6 is 0 Å². The Bertz CT molecular complexity index is 1360. The number of piperidine rings is 1. The molecule has 2 aromatic carbocycles. The minimum atomic E-state index is -0.201. The number of methoxy groups -OCH3 is 1. The highest BCUT2D eigenvalue weighted by molar-refractivity contribution is 6.12. The zero-order valence-corrected chi connectivity index (χ0v) is 20.4. The van der Waals surface area contributed by atoms with Crippen LogP contribution in [0, 0.1) is 5.82 Å². The van der Waals surface area contributed by atoms with Gasteiger partial charge in [-0.15, -0.1) is 0 Å². The molecule has 8 heteroatoms. The maximum Gasteiger partial charge on any atom is 0.256 e. The number of rotatable bonds is 7. The SMILES string of the molecule is COCCn1cc(C(=O)N2CCC(c3cc(CN)ccc3F)CC2)c2c(-c3cncnc3)cccc21. The topological polar surface area (TPSA) is 86.3 Å². The van der Waals surface area contributed by atoms with Gasteiger partial charge >= 0.3 is 0 Å². The van der Waals surface area contributed by atoms with Crippen molar-refractivity contribution in [2.75, 3.05) is 26.8 Å². The Labute approximate surface area is 209 Å². The van der Waals surface area contributed by atoms with Crippen LogP contribution in [0.2, 0.25) is 0 Å². The lowest BCUT2D eigenvalue weighted by molar-refractivity contribution is 0.0714. The summed E-state index contributed by atoms with van der Waals surface area (Å²) in [4.78, 5) is 24.1. The highest BCUT2D eigenvalue weighted by atomic mass is 19.1. The Balaban J connectivity index is 1.46. The molecule has 5 rings (SSSR count). The lowest BCUT2D eigenvalue weighted by Gasteiger charge is -2.32. The number of aromatic nitrogens is 3. The van der Waals surface area contributed by atoms with Crippen molar-refractivity contribution in [2.45, 2.75) is 31.8 Å². The van der Waals surface area contributed by atoms with Gasteiger partial charge in [-0.2, -0.15) is 0 Å². The van der Waals surface area contributed by atoms with E-state index in [2.05, 4.69) is 14.5 Å². The van der Waals surface area contributed by atoms with E-state index in [0.717, 1.165) is 27.6 Å². The van der Waals surface area contributed by atoms with E-state index in [9.17, 15) is 9.18 Å². The highest BCUT2D eigenvalue weighted by Gasteiger charge is 2.29. The first-order valence-electron chi connectivity index (χ1n) is 12.2. The number of carbonyl (C=O) groups is 1. The third-order valence-corrected chi connectivity index (χ3v) is 7.06. The van der Waals surface area contributed by atoms with Gasteiger partial charge in [0.25, 0.3) is 5.91 Å². The van der Waals surface area contributed by atoms with Crippen LogP contribution in [-0.4, -0.2) is 52.1 Å². The lowest BCUT2D eigenvalue weighted by Crippen LogP contribution is -2.38. The van der Waals surface area contributed by atoms with E-state index in [0.29, 0.717) is 56.8 Å². The van der Waals surface area contributed by atoms with Gasteiger partial charge in [-0.3, -0.25) is 4.79 Å². The number of carbonyl (C=O) groups excluding carboxylic acids is 1. The number of hydrogen-bond donors (Lipinski definition) is 1. The van der Waals surface area contributed by atoms with Crippen molar-refractivity contribution in [3.8, 4) is 11.1 Å². The molecular formula is C28H30FN5O2. The van der Waals surface area contributed by atoms with Crippen LogP contribution in [0.5, 0.6) is 0 Å². The van der Waals surface area contributed by atoms with Gasteiger partial charge in [0.15, 0.2) is 0 Å². The molecule has 3 heterocycles. The molecule has 1 aliphatic rings. The number of ether oxygens (including phenoxy) is 1. The van der Waals surface area contributed by atoms with Crippen LogP contribution in [0.1, 0.15) is 40.2 Å². The summed E-state index contributed by atoms with van der Waals surface area (Å²) in [6, 6.07) is 11.1. The largest absolute Gasteiger partial charge is 0.383 e. The number of halogens is 1. The summed E-state index contributed by atoms with van der Waals surface area (Å²) >= 11 is 0. The Morgan fingerprint density at radius 1 is 1.17 bits per heavy atom. The zero-order valence-electron chi connectivity index (χ0n) is 20.4. The lowest BCUT2D eigenvalue weighted by atomic mass is 9.88. The number of fused-ring (bicyclic) bond motifs is 1. The molecule has 0 bridgehead atoms. The van der Waals surface area contributed by atoms with Crippen LogP contribution in [0.3, 0.4) is 0 Å². The molecule has 2 aromatic heterocycles. The molecule has 0 aliphatic carbocycles. The molecule has 1 amide bonds. The van der Waals surface area contributed by atoms with Gasteiger partial charge < -0.3 is 19.9 Å². The van der Waals surface area contributed by atoms with Gasteiger partial charge in [0.2, 0.25) is 0 Å². The summed E-state index contributed by atoms with van der Waals surface area (Å²) < 4.78 is 21.9. The van der Waals surface area contributed by atoms with E-state index >= 15 is 0 Å². The molecule has 0 saturated carbocycles. The summed E-state index contributed by atoms with van der Waals surface area (Å²) in [5.41, 5.74) is 10.8. The first kappa shape index (κ1) is 24.1. The third kappa shape index (κ3) is 4.62. The maximum absolute atomic E-state index is 14.6. The van der Waals surface area contributed by atoms with E-state index < -0.39 is 0 Å². The highest BCUT2D eigenvalue weighted by Crippen LogP contribution is 2.35. The summed E-state index contributed by atoms with van der Waals surface area (Å²) in [6.07, 6.45) is 8.36. The molecule has 36 heavy (non-hydrogen) atoms. The number of nitrogens with zero attached hydrogens (tertiary/aromatic N) is 4. The molecule has 2 N–H and O–H groups in total. The van der Waals surface area contributed by atoms with E-state index in [4.69, 9.17) is 10.5 Å². The van der Waals surface area contributed by atoms with Crippen molar-refractivity contribution in [3.63, 3.8) is 0 Å². The summed E-state index contributed by atoms with van der Waals surface area (Å²) in [5, 5.41) is 0.886. The fraction of sp³-hybridized carbons (Fsp3) is 0.321. The van der Waals surface area contributed by atoms with Gasteiger partial charge in [-0.1, -0.05) is 24.3 Å². The van der Waals surface area contributed by atoms with E-state index in [-0.39, 0.29) is 17.6 Å². The quantitative estimate of drug-likeness (QED) is 0.419. The maximum atomic E-state index is 14.6. The molecule has 4 aromatic rings. The van der Waals surface area contributed by atoms with E-state index in [1.54, 1.807) is 25.6 Å². The minimum absolute atomic E-state index is 0.0184. The van der Waals surface area contributed by atoms with Crippen LogP contribution in [0.25, 0.3) is 22.0 Å². The van der Waals surface area contributed by atoms with Crippen LogP contribution in [0.15, 0.2) is 61.3 Å². The third-order valence-electron chi connectivity index (χ3n) is 7.06. The molecule has 1 fully saturated rings. The monoisotopic (exact) mass is 487 g/mol. The van der Waals surface area contributed by atoms with Crippen molar-refractivity contribution < 1.29 is 13.9 Å². The summed E-state index contributed by atoms with van der Waals surface area (Å²) in [5.74, 6) is -0.149. The minimum Gasteiger partial charge on any atom is -0.383 e. The number of amides is 1. The predicted molar refractivity (Wildman–Crippen MR) is 137 cm³/mol. The fourth-order valence-electron chi connectivity index (χ4n) is 5.16. The predicted octanol–water partition coefficient (Wildman–Crippen LogP) is 4.36. The molecule has 0 radical (unpaired) electrons. The number of benzene rings is 2. The molecule has 0 unspecified atom stereocenters. The first-order chi connectivity index (χ1) is 17.6. The average molecular weight is 488 g/mol. The number of nitrogens with two attached hydrogens (primary N) is 1. The Kier molecular flexibility index (Phi) is 7.06. The standard InChI is InChI=1S/C28H30FN5O2/c1-36-12-11-34-17-24(27-22(3-2-4-26(27)34)21-15-31-18-32-16-21)28(35)33-9-7-20(8-10-33)23-13-19(14-30)5-6-25(23)29/h2-6,13,15-18,20H,7-12,14,30H2,1H3. The smallest absolute Gasteiger partial charge is 0.256 e. The van der Waals surface area contributed by atoms with Crippen LogP contribution in [-0.2, 0) is 17.8 Å². The Hall–Kier alpha value is -3.62. The molecule has 186 valence electrons. The van der Waals surface area contributed by atoms with Crippen LogP contribution < -0.4 is 5.73 Å². The molecule has 7 nitrogen and oxygen atoms in total. The molecular weight excluding hydrogens is 457 g/mol. The van der Waals surface area contributed by atoms with Gasteiger partial charge in [-0.05, 0) is 47.6 Å². The normalized spacial score (nSPS) is 14.5. The van der Waals surface area contributed by atoms with Gasteiger partial charge in [0, 0.05) is 68.3 Å². The van der Waals surface area contributed by atoms with Crippen molar-refractivity contribution in [1.82, 2.24) is 19.4 Å². The molecule has 1 aliphatic heterocycles. The number of hydrogen-bond acceptors (Lipinski definition) is 5. The van der Waals surface area contributed by atoms with Gasteiger partial charge in [0.1, 0.15) is 12.1 Å². The Morgan fingerprint density at radius 2 is 1.94 bits per heavy atom. The van der Waals surface area contributed by atoms with Crippen LogP contribution in [0.4, 0.5) is 4.39 Å². The van der Waals surface area contributed by atoms with Crippen molar-refractivity contribution >= 4 is 16.8 Å². The number of likely N-dealkylation sites (tertiary alicyclic amines) is 1. The molecule has 0 atom stereocenters. The van der Waals surface area contributed by atoms with Crippen molar-refractivity contribution in [2.24, 2.45) is 5.73 Å².